The molecule has 158 valence electrons. The Labute approximate surface area is 172 Å². The van der Waals surface area contributed by atoms with Gasteiger partial charge in [0.25, 0.3) is 0 Å². The monoisotopic (exact) mass is 386 g/mol. The third kappa shape index (κ3) is 6.30. The van der Waals surface area contributed by atoms with E-state index in [9.17, 15) is 0 Å². The van der Waals surface area contributed by atoms with Crippen LogP contribution >= 0.6 is 0 Å². The maximum absolute atomic E-state index is 4.53. The largest absolute Gasteiger partial charge is 0.281 e. The summed E-state index contributed by atoms with van der Waals surface area (Å²) >= 11 is 0. The zero-order valence-corrected chi connectivity index (χ0v) is 19.0. The number of aryl methyl sites for hydroxylation is 1. The van der Waals surface area contributed by atoms with Crippen LogP contribution in [0.15, 0.2) is 18.2 Å². The van der Waals surface area contributed by atoms with Crippen LogP contribution in [0.4, 0.5) is 0 Å². The Hall–Kier alpha value is -1.42. The van der Waals surface area contributed by atoms with Gasteiger partial charge in [0.2, 0.25) is 0 Å². The lowest BCUT2D eigenvalue weighted by Gasteiger charge is -2.34. The third-order valence-corrected chi connectivity index (χ3v) is 6.23. The van der Waals surface area contributed by atoms with E-state index in [1.54, 1.807) is 0 Å². The summed E-state index contributed by atoms with van der Waals surface area (Å²) in [5.74, 6) is 0.775. The Morgan fingerprint density at radius 1 is 0.964 bits per heavy atom. The van der Waals surface area contributed by atoms with Crippen molar-refractivity contribution in [1.29, 1.82) is 0 Å². The summed E-state index contributed by atoms with van der Waals surface area (Å²) in [6, 6.07) is 7.03. The van der Waals surface area contributed by atoms with Crippen LogP contribution in [-0.2, 0) is 6.67 Å². The fourth-order valence-electron chi connectivity index (χ4n) is 4.25. The molecule has 4 heteroatoms. The molecule has 4 nitrogen and oxygen atoms in total. The van der Waals surface area contributed by atoms with Crippen LogP contribution in [0.3, 0.4) is 0 Å². The number of nitrogens with zero attached hydrogens (tertiary/aromatic N) is 4. The molecule has 0 aliphatic rings. The molecule has 0 amide bonds. The SMILES string of the molecule is CCCCC[C@@H](CC)N(C[C@@H](CC)CCCC)Cn1nnc2c(C)cccc21. The van der Waals surface area contributed by atoms with Crippen LogP contribution in [-0.4, -0.2) is 32.5 Å². The van der Waals surface area contributed by atoms with E-state index < -0.39 is 0 Å². The minimum atomic E-state index is 0.631. The lowest BCUT2D eigenvalue weighted by Crippen LogP contribution is -2.40. The van der Waals surface area contributed by atoms with E-state index in [2.05, 4.69) is 72.7 Å². The summed E-state index contributed by atoms with van der Waals surface area (Å²) in [5, 5.41) is 9.00. The number of unbranched alkanes of at least 4 members (excludes halogenated alkanes) is 3. The molecule has 0 aliphatic heterocycles. The van der Waals surface area contributed by atoms with Gasteiger partial charge in [0.1, 0.15) is 5.52 Å². The van der Waals surface area contributed by atoms with Crippen molar-refractivity contribution in [3.8, 4) is 0 Å². The Balaban J connectivity index is 2.21. The second-order valence-electron chi connectivity index (χ2n) is 8.42. The van der Waals surface area contributed by atoms with Gasteiger partial charge < -0.3 is 0 Å². The normalized spacial score (nSPS) is 14.1. The molecule has 28 heavy (non-hydrogen) atoms. The second kappa shape index (κ2) is 12.2. The van der Waals surface area contributed by atoms with E-state index in [0.717, 1.165) is 23.6 Å². The highest BCUT2D eigenvalue weighted by Gasteiger charge is 2.22. The van der Waals surface area contributed by atoms with Gasteiger partial charge in [0.05, 0.1) is 12.2 Å². The molecule has 0 N–H and O–H groups in total. The fraction of sp³-hybridized carbons (Fsp3) is 0.750. The van der Waals surface area contributed by atoms with Gasteiger partial charge >= 0.3 is 0 Å². The van der Waals surface area contributed by atoms with E-state index in [0.29, 0.717) is 6.04 Å². The predicted octanol–water partition coefficient (Wildman–Crippen LogP) is 6.57. The molecule has 0 saturated carbocycles. The molecule has 1 aromatic heterocycles. The van der Waals surface area contributed by atoms with Crippen molar-refractivity contribution in [3.63, 3.8) is 0 Å². The van der Waals surface area contributed by atoms with E-state index >= 15 is 0 Å². The second-order valence-corrected chi connectivity index (χ2v) is 8.42. The Bertz CT molecular complexity index is 678. The molecule has 2 aromatic rings. The lowest BCUT2D eigenvalue weighted by molar-refractivity contribution is 0.104. The molecule has 2 rings (SSSR count). The van der Waals surface area contributed by atoms with Crippen LogP contribution in [0, 0.1) is 12.8 Å². The summed E-state index contributed by atoms with van der Waals surface area (Å²) in [7, 11) is 0. The van der Waals surface area contributed by atoms with E-state index in [1.165, 1.54) is 69.9 Å². The quantitative estimate of drug-likeness (QED) is 0.344. The van der Waals surface area contributed by atoms with Crippen LogP contribution in [0.1, 0.15) is 91.0 Å². The molecule has 1 heterocycles. The summed E-state index contributed by atoms with van der Waals surface area (Å²) < 4.78 is 2.12. The Morgan fingerprint density at radius 2 is 1.75 bits per heavy atom. The van der Waals surface area contributed by atoms with E-state index in [1.807, 2.05) is 0 Å². The molecular weight excluding hydrogens is 344 g/mol. The molecule has 1 aromatic carbocycles. The summed E-state index contributed by atoms with van der Waals surface area (Å²) in [5.41, 5.74) is 3.41. The molecule has 0 saturated heterocycles. The number of aromatic nitrogens is 3. The minimum absolute atomic E-state index is 0.631. The predicted molar refractivity (Wildman–Crippen MR) is 120 cm³/mol. The van der Waals surface area contributed by atoms with E-state index in [-0.39, 0.29) is 0 Å². The first-order valence-corrected chi connectivity index (χ1v) is 11.7. The first kappa shape index (κ1) is 22.9. The van der Waals surface area contributed by atoms with Gasteiger partial charge in [-0.3, -0.25) is 4.90 Å². The fourth-order valence-corrected chi connectivity index (χ4v) is 4.25. The molecule has 0 radical (unpaired) electrons. The van der Waals surface area contributed by atoms with Crippen molar-refractivity contribution in [2.24, 2.45) is 5.92 Å². The van der Waals surface area contributed by atoms with Gasteiger partial charge in [0.15, 0.2) is 0 Å². The number of benzene rings is 1. The van der Waals surface area contributed by atoms with Gasteiger partial charge in [-0.15, -0.1) is 5.10 Å². The molecule has 0 fully saturated rings. The first-order valence-electron chi connectivity index (χ1n) is 11.7. The van der Waals surface area contributed by atoms with Crippen LogP contribution in [0.25, 0.3) is 11.0 Å². The topological polar surface area (TPSA) is 34.0 Å². The van der Waals surface area contributed by atoms with Crippen LogP contribution in [0.2, 0.25) is 0 Å². The molecule has 0 spiro atoms. The van der Waals surface area contributed by atoms with Gasteiger partial charge in [0, 0.05) is 12.6 Å². The Morgan fingerprint density at radius 3 is 2.43 bits per heavy atom. The molecular formula is C24H42N4. The van der Waals surface area contributed by atoms with E-state index in [4.69, 9.17) is 0 Å². The minimum Gasteiger partial charge on any atom is -0.281 e. The number of rotatable bonds is 14. The zero-order chi connectivity index (χ0) is 20.4. The van der Waals surface area contributed by atoms with Crippen molar-refractivity contribution >= 4 is 11.0 Å². The summed E-state index contributed by atoms with van der Waals surface area (Å²) in [6.45, 7) is 13.4. The van der Waals surface area contributed by atoms with Gasteiger partial charge in [-0.1, -0.05) is 83.6 Å². The number of hydrogen-bond donors (Lipinski definition) is 0. The highest BCUT2D eigenvalue weighted by atomic mass is 15.5. The highest BCUT2D eigenvalue weighted by Crippen LogP contribution is 2.22. The van der Waals surface area contributed by atoms with Crippen molar-refractivity contribution in [2.75, 3.05) is 6.54 Å². The highest BCUT2D eigenvalue weighted by molar-refractivity contribution is 5.77. The average molecular weight is 387 g/mol. The van der Waals surface area contributed by atoms with Gasteiger partial charge in [-0.05, 0) is 43.7 Å². The molecule has 0 unspecified atom stereocenters. The van der Waals surface area contributed by atoms with Crippen molar-refractivity contribution in [1.82, 2.24) is 19.9 Å². The van der Waals surface area contributed by atoms with Crippen molar-refractivity contribution in [3.05, 3.63) is 23.8 Å². The number of fused-ring (bicyclic) bond motifs is 1. The first-order chi connectivity index (χ1) is 13.6. The van der Waals surface area contributed by atoms with Crippen LogP contribution < -0.4 is 0 Å². The van der Waals surface area contributed by atoms with Crippen molar-refractivity contribution in [2.45, 2.75) is 105 Å². The maximum atomic E-state index is 4.53. The van der Waals surface area contributed by atoms with Crippen LogP contribution in [0.5, 0.6) is 0 Å². The zero-order valence-electron chi connectivity index (χ0n) is 19.0. The summed E-state index contributed by atoms with van der Waals surface area (Å²) in [4.78, 5) is 2.70. The molecule has 0 bridgehead atoms. The Kier molecular flexibility index (Phi) is 9.97. The molecule has 0 aliphatic carbocycles. The maximum Gasteiger partial charge on any atom is 0.116 e. The van der Waals surface area contributed by atoms with Gasteiger partial charge in [-0.25, -0.2) is 4.68 Å². The molecule has 2 atom stereocenters. The third-order valence-electron chi connectivity index (χ3n) is 6.23. The lowest BCUT2D eigenvalue weighted by atomic mass is 9.96. The van der Waals surface area contributed by atoms with Crippen molar-refractivity contribution < 1.29 is 0 Å². The summed E-state index contributed by atoms with van der Waals surface area (Å²) in [6.07, 6.45) is 11.7. The van der Waals surface area contributed by atoms with Gasteiger partial charge in [-0.2, -0.15) is 0 Å². The average Bonchev–Trinajstić information content (AvgIpc) is 3.12. The number of hydrogen-bond acceptors (Lipinski definition) is 3. The smallest absolute Gasteiger partial charge is 0.116 e. The standard InChI is InChI=1S/C24H42N4/c1-6-10-12-16-22(9-4)27(18-21(8-3)15-11-7-2)19-28-23-17-13-14-20(5)24(23)25-26-28/h13-14,17,21-22H,6-12,15-16,18-19H2,1-5H3/t21-,22+/m0/s1.